The predicted octanol–water partition coefficient (Wildman–Crippen LogP) is 4.62. The van der Waals surface area contributed by atoms with Crippen molar-refractivity contribution < 1.29 is 4.79 Å². The van der Waals surface area contributed by atoms with Crippen LogP contribution < -0.4 is 5.32 Å². The molecule has 2 aromatic rings. The number of amides is 1. The molecule has 2 nitrogen and oxygen atoms in total. The van der Waals surface area contributed by atoms with Crippen LogP contribution in [0.3, 0.4) is 0 Å². The maximum Gasteiger partial charge on any atom is 0.248 e. The van der Waals surface area contributed by atoms with Crippen LogP contribution in [0.25, 0.3) is 6.08 Å². The normalized spacial score (nSPS) is 10.5. The van der Waals surface area contributed by atoms with Crippen LogP contribution >= 0.6 is 11.8 Å². The first-order valence-corrected chi connectivity index (χ1v) is 7.65. The summed E-state index contributed by atoms with van der Waals surface area (Å²) in [5.41, 5.74) is 1.83. The van der Waals surface area contributed by atoms with E-state index in [4.69, 9.17) is 0 Å². The molecule has 0 saturated carbocycles. The van der Waals surface area contributed by atoms with Gasteiger partial charge in [0.25, 0.3) is 0 Å². The number of hydrogen-bond donors (Lipinski definition) is 1. The summed E-state index contributed by atoms with van der Waals surface area (Å²) in [6.07, 6.45) is 5.19. The molecule has 0 spiro atoms. The molecular formula is C18H17NOS. The summed E-state index contributed by atoms with van der Waals surface area (Å²) in [4.78, 5) is 13.0. The van der Waals surface area contributed by atoms with Gasteiger partial charge in [-0.3, -0.25) is 4.79 Å². The number of nitrogens with one attached hydrogen (secondary N) is 1. The van der Waals surface area contributed by atoms with Crippen molar-refractivity contribution >= 4 is 29.4 Å². The lowest BCUT2D eigenvalue weighted by molar-refractivity contribution is -0.111. The first-order chi connectivity index (χ1) is 10.3. The van der Waals surface area contributed by atoms with Gasteiger partial charge in [-0.1, -0.05) is 48.5 Å². The molecule has 3 heteroatoms. The Bertz CT molecular complexity index is 635. The fourth-order valence-corrected chi connectivity index (χ4v) is 2.50. The summed E-state index contributed by atoms with van der Waals surface area (Å²) < 4.78 is 0. The van der Waals surface area contributed by atoms with Gasteiger partial charge < -0.3 is 5.32 Å². The zero-order valence-electron chi connectivity index (χ0n) is 11.7. The molecule has 0 unspecified atom stereocenters. The van der Waals surface area contributed by atoms with Crippen LogP contribution in [0.15, 0.2) is 78.2 Å². The minimum absolute atomic E-state index is 0.134. The molecule has 106 valence electrons. The summed E-state index contributed by atoms with van der Waals surface area (Å²) >= 11 is 1.65. The highest BCUT2D eigenvalue weighted by atomic mass is 32.2. The van der Waals surface area contributed by atoms with E-state index in [0.29, 0.717) is 0 Å². The second-order valence-corrected chi connectivity index (χ2v) is 5.39. The fraction of sp³-hybridized carbons (Fsp3) is 0.0556. The third kappa shape index (κ3) is 4.97. The van der Waals surface area contributed by atoms with Gasteiger partial charge in [0.1, 0.15) is 0 Å². The smallest absolute Gasteiger partial charge is 0.248 e. The van der Waals surface area contributed by atoms with Crippen LogP contribution in [0.4, 0.5) is 5.69 Å². The topological polar surface area (TPSA) is 29.1 Å². The Hall–Kier alpha value is -2.26. The number of anilines is 1. The average molecular weight is 295 g/mol. The Balaban J connectivity index is 2.02. The number of carbonyl (C=O) groups is 1. The second kappa shape index (κ2) is 8.12. The van der Waals surface area contributed by atoms with E-state index in [2.05, 4.69) is 11.9 Å². The zero-order valence-corrected chi connectivity index (χ0v) is 12.5. The van der Waals surface area contributed by atoms with Crippen LogP contribution in [0.1, 0.15) is 5.56 Å². The first kappa shape index (κ1) is 15.1. The van der Waals surface area contributed by atoms with Gasteiger partial charge in [-0.25, -0.2) is 0 Å². The van der Waals surface area contributed by atoms with Gasteiger partial charge in [-0.15, -0.1) is 18.3 Å². The molecule has 1 N–H and O–H groups in total. The molecule has 0 aliphatic rings. The highest BCUT2D eigenvalue weighted by Crippen LogP contribution is 2.26. The van der Waals surface area contributed by atoms with Gasteiger partial charge in [0.15, 0.2) is 0 Å². The predicted molar refractivity (Wildman–Crippen MR) is 91.5 cm³/mol. The van der Waals surface area contributed by atoms with Crippen molar-refractivity contribution in [3.8, 4) is 0 Å². The van der Waals surface area contributed by atoms with Crippen LogP contribution in [0.5, 0.6) is 0 Å². The first-order valence-electron chi connectivity index (χ1n) is 6.66. The monoisotopic (exact) mass is 295 g/mol. The van der Waals surface area contributed by atoms with Gasteiger partial charge in [-0.05, 0) is 23.8 Å². The van der Waals surface area contributed by atoms with Crippen molar-refractivity contribution in [3.63, 3.8) is 0 Å². The SMILES string of the molecule is C=CCSc1ccccc1NC(=O)/C=C/c1ccccc1. The lowest BCUT2D eigenvalue weighted by atomic mass is 10.2. The van der Waals surface area contributed by atoms with Crippen molar-refractivity contribution in [3.05, 3.63) is 78.9 Å². The maximum absolute atomic E-state index is 12.0. The van der Waals surface area contributed by atoms with Crippen LogP contribution in [-0.4, -0.2) is 11.7 Å². The number of rotatable bonds is 6. The van der Waals surface area contributed by atoms with Crippen LogP contribution in [0, 0.1) is 0 Å². The molecule has 0 atom stereocenters. The largest absolute Gasteiger partial charge is 0.321 e. The lowest BCUT2D eigenvalue weighted by Crippen LogP contribution is -2.08. The average Bonchev–Trinajstić information content (AvgIpc) is 2.53. The number of para-hydroxylation sites is 1. The van der Waals surface area contributed by atoms with Crippen molar-refractivity contribution in [1.29, 1.82) is 0 Å². The van der Waals surface area contributed by atoms with Crippen LogP contribution in [0.2, 0.25) is 0 Å². The number of thioether (sulfide) groups is 1. The molecule has 0 aliphatic heterocycles. The van der Waals surface area contributed by atoms with E-state index in [1.54, 1.807) is 23.9 Å². The minimum atomic E-state index is -0.134. The van der Waals surface area contributed by atoms with Gasteiger partial charge in [0.2, 0.25) is 5.91 Å². The van der Waals surface area contributed by atoms with Gasteiger partial charge >= 0.3 is 0 Å². The molecule has 2 rings (SSSR count). The third-order valence-electron chi connectivity index (χ3n) is 2.73. The van der Waals surface area contributed by atoms with E-state index in [1.807, 2.05) is 60.7 Å². The van der Waals surface area contributed by atoms with Gasteiger partial charge in [0.05, 0.1) is 5.69 Å². The summed E-state index contributed by atoms with van der Waals surface area (Å²) in [6.45, 7) is 3.71. The number of hydrogen-bond acceptors (Lipinski definition) is 2. The summed E-state index contributed by atoms with van der Waals surface area (Å²) in [6, 6.07) is 17.5. The molecular weight excluding hydrogens is 278 g/mol. The van der Waals surface area contributed by atoms with E-state index >= 15 is 0 Å². The molecule has 0 radical (unpaired) electrons. The Labute approximate surface area is 129 Å². The molecule has 0 bridgehead atoms. The summed E-state index contributed by atoms with van der Waals surface area (Å²) in [7, 11) is 0. The number of benzene rings is 2. The van der Waals surface area contributed by atoms with E-state index in [-0.39, 0.29) is 5.91 Å². The summed E-state index contributed by atoms with van der Waals surface area (Å²) in [5, 5.41) is 2.91. The molecule has 0 saturated heterocycles. The van der Waals surface area contributed by atoms with Crippen molar-refractivity contribution in [2.75, 3.05) is 11.1 Å². The highest BCUT2D eigenvalue weighted by Gasteiger charge is 2.04. The zero-order chi connectivity index (χ0) is 14.9. The quantitative estimate of drug-likeness (QED) is 0.479. The molecule has 0 aliphatic carbocycles. The van der Waals surface area contributed by atoms with E-state index in [9.17, 15) is 4.79 Å². The summed E-state index contributed by atoms with van der Waals surface area (Å²) in [5.74, 6) is 0.678. The molecule has 0 aromatic heterocycles. The number of carbonyl (C=O) groups excluding carboxylic acids is 1. The minimum Gasteiger partial charge on any atom is -0.321 e. The molecule has 0 heterocycles. The Morgan fingerprint density at radius 2 is 1.81 bits per heavy atom. The standard InChI is InChI=1S/C18H17NOS/c1-2-14-21-17-11-7-6-10-16(17)19-18(20)13-12-15-8-4-3-5-9-15/h2-13H,1,14H2,(H,19,20)/b13-12+. The fourth-order valence-electron chi connectivity index (χ4n) is 1.75. The van der Waals surface area contributed by atoms with E-state index in [0.717, 1.165) is 21.9 Å². The van der Waals surface area contributed by atoms with Crippen molar-refractivity contribution in [2.24, 2.45) is 0 Å². The molecule has 2 aromatic carbocycles. The van der Waals surface area contributed by atoms with Gasteiger partial charge in [0, 0.05) is 16.7 Å². The van der Waals surface area contributed by atoms with Crippen molar-refractivity contribution in [2.45, 2.75) is 4.90 Å². The highest BCUT2D eigenvalue weighted by molar-refractivity contribution is 7.99. The molecule has 21 heavy (non-hydrogen) atoms. The van der Waals surface area contributed by atoms with E-state index in [1.165, 1.54) is 0 Å². The molecule has 1 amide bonds. The van der Waals surface area contributed by atoms with Crippen molar-refractivity contribution in [1.82, 2.24) is 0 Å². The Morgan fingerprint density at radius 1 is 1.10 bits per heavy atom. The van der Waals surface area contributed by atoms with Crippen LogP contribution in [-0.2, 0) is 4.79 Å². The maximum atomic E-state index is 12.0. The molecule has 0 fully saturated rings. The van der Waals surface area contributed by atoms with E-state index < -0.39 is 0 Å². The lowest BCUT2D eigenvalue weighted by Gasteiger charge is -2.08. The van der Waals surface area contributed by atoms with Gasteiger partial charge in [-0.2, -0.15) is 0 Å². The third-order valence-corrected chi connectivity index (χ3v) is 3.80. The Kier molecular flexibility index (Phi) is 5.85. The second-order valence-electron chi connectivity index (χ2n) is 4.33. The Morgan fingerprint density at radius 3 is 2.57 bits per heavy atom.